The molecule has 1 aliphatic heterocycles. The Morgan fingerprint density at radius 3 is 2.18 bits per heavy atom. The summed E-state index contributed by atoms with van der Waals surface area (Å²) in [5.41, 5.74) is 1.94. The number of ether oxygens (including phenoxy) is 4. The molecule has 49 heavy (non-hydrogen) atoms. The lowest BCUT2D eigenvalue weighted by Crippen LogP contribution is -2.27. The van der Waals surface area contributed by atoms with Crippen LogP contribution in [0.4, 0.5) is 20.3 Å². The van der Waals surface area contributed by atoms with E-state index < -0.39 is 21.9 Å². The van der Waals surface area contributed by atoms with Crippen LogP contribution in [0.5, 0.6) is 28.9 Å². The maximum absolute atomic E-state index is 16.0. The van der Waals surface area contributed by atoms with Crippen molar-refractivity contribution in [2.75, 3.05) is 51.4 Å². The molecule has 0 amide bonds. The Hall–Kier alpha value is -4.68. The summed E-state index contributed by atoms with van der Waals surface area (Å²) in [6.45, 7) is 9.52. The number of rotatable bonds is 10. The fourth-order valence-corrected chi connectivity index (χ4v) is 5.68. The monoisotopic (exact) mass is 695 g/mol. The number of halogens is 2. The van der Waals surface area contributed by atoms with Crippen LogP contribution in [0, 0.1) is 18.6 Å². The number of imidazole rings is 1. The molecule has 3 heterocycles. The van der Waals surface area contributed by atoms with Gasteiger partial charge in [0.25, 0.3) is 0 Å². The van der Waals surface area contributed by atoms with Crippen molar-refractivity contribution in [2.45, 2.75) is 32.4 Å². The number of aryl methyl sites for hydroxylation is 1. The van der Waals surface area contributed by atoms with E-state index in [1.54, 1.807) is 40.8 Å². The normalized spacial score (nSPS) is 12.9. The van der Waals surface area contributed by atoms with Crippen LogP contribution >= 0.6 is 10.3 Å². The van der Waals surface area contributed by atoms with Gasteiger partial charge in [0.1, 0.15) is 66.7 Å². The Labute approximate surface area is 287 Å². The number of aromatic nitrogens is 2. The van der Waals surface area contributed by atoms with Gasteiger partial charge in [-0.05, 0) is 76.6 Å². The fourth-order valence-electron chi connectivity index (χ4n) is 4.85. The van der Waals surface area contributed by atoms with Crippen molar-refractivity contribution < 1.29 is 37.0 Å². The Bertz CT molecular complexity index is 1880. The molecule has 0 saturated heterocycles. The number of fused-ring (bicyclic) bond motifs is 2. The Balaban J connectivity index is 0.00000230. The fraction of sp³-hybridized carbons (Fsp3) is 0.324. The maximum atomic E-state index is 16.0. The third kappa shape index (κ3) is 7.97. The third-order valence-electron chi connectivity index (χ3n) is 8.07. The van der Waals surface area contributed by atoms with Crippen LogP contribution in [0.15, 0.2) is 72.8 Å². The molecule has 0 fully saturated rings. The first-order valence-electron chi connectivity index (χ1n) is 15.8. The zero-order valence-corrected chi connectivity index (χ0v) is 29.6. The van der Waals surface area contributed by atoms with Crippen LogP contribution in [0.1, 0.15) is 26.3 Å². The number of hydrogen-bond donors (Lipinski definition) is 2. The first-order chi connectivity index (χ1) is 23.4. The zero-order valence-electron chi connectivity index (χ0n) is 28.8. The van der Waals surface area contributed by atoms with Gasteiger partial charge in [0.2, 0.25) is 5.88 Å². The summed E-state index contributed by atoms with van der Waals surface area (Å²) in [6.07, 6.45) is 3.95. The van der Waals surface area contributed by atoms with Crippen LogP contribution in [0.25, 0.3) is 16.9 Å². The SMILES string of the molecule is CO.Cc1ccc(OCCOc2cccc3nc(-c4c(F)cc(OS(C)(C)C(C)(C)C)cc4F)c(Nc4ccc5c(c4)OCCO5)n23)cc1. The van der Waals surface area contributed by atoms with Gasteiger partial charge in [-0.25, -0.2) is 18.2 Å². The molecule has 6 rings (SSSR count). The highest BCUT2D eigenvalue weighted by Crippen LogP contribution is 2.54. The highest BCUT2D eigenvalue weighted by Gasteiger charge is 2.31. The molecule has 3 aromatic carbocycles. The van der Waals surface area contributed by atoms with Gasteiger partial charge in [0.15, 0.2) is 11.5 Å². The van der Waals surface area contributed by atoms with Gasteiger partial charge in [-0.3, -0.25) is 0 Å². The average molecular weight is 696 g/mol. The highest BCUT2D eigenvalue weighted by molar-refractivity contribution is 8.30. The summed E-state index contributed by atoms with van der Waals surface area (Å²) >= 11 is 0. The Morgan fingerprint density at radius 1 is 0.857 bits per heavy atom. The van der Waals surface area contributed by atoms with Crippen molar-refractivity contribution >= 4 is 27.5 Å². The van der Waals surface area contributed by atoms with Gasteiger partial charge in [-0.15, -0.1) is 0 Å². The quantitative estimate of drug-likeness (QED) is 0.141. The molecule has 262 valence electrons. The topological polar surface area (TPSA) is 95.7 Å². The van der Waals surface area contributed by atoms with Crippen molar-refractivity contribution in [2.24, 2.45) is 0 Å². The summed E-state index contributed by atoms with van der Waals surface area (Å²) in [5, 5.41) is 10.3. The first kappa shape index (κ1) is 35.6. The maximum Gasteiger partial charge on any atom is 0.201 e. The standard InChI is InChI=1S/C36H39F2N3O5S.CH4O/c1-23-10-13-25(14-11-23)42-16-19-45-32-9-7-8-31-40-34(33-27(37)21-26(22-28(33)38)46-47(5,6)36(2,3)4)35(41(31)32)39-24-12-15-29-30(20-24)44-18-17-43-29;1-2/h7-15,20-22,39H,16-19H2,1-6H3;2H,1H3. The van der Waals surface area contributed by atoms with Crippen LogP contribution < -0.4 is 28.4 Å². The van der Waals surface area contributed by atoms with Crippen molar-refractivity contribution in [3.05, 3.63) is 90.0 Å². The second-order valence-electron chi connectivity index (χ2n) is 12.6. The molecule has 9 nitrogen and oxygen atoms in total. The van der Waals surface area contributed by atoms with E-state index in [2.05, 4.69) is 5.32 Å². The molecular formula is C37H43F2N3O6S. The summed E-state index contributed by atoms with van der Waals surface area (Å²) in [7, 11) is -0.690. The van der Waals surface area contributed by atoms with E-state index >= 15 is 8.78 Å². The van der Waals surface area contributed by atoms with Gasteiger partial charge in [0.05, 0.1) is 5.56 Å². The number of anilines is 2. The molecule has 2 aromatic heterocycles. The van der Waals surface area contributed by atoms with E-state index in [-0.39, 0.29) is 35.0 Å². The van der Waals surface area contributed by atoms with Crippen molar-refractivity contribution in [1.82, 2.24) is 9.38 Å². The second kappa shape index (κ2) is 14.8. The lowest BCUT2D eigenvalue weighted by molar-refractivity contribution is 0.171. The molecule has 5 aromatic rings. The highest BCUT2D eigenvalue weighted by atomic mass is 32.3. The van der Waals surface area contributed by atoms with Gasteiger partial charge >= 0.3 is 0 Å². The minimum absolute atomic E-state index is 0.0656. The van der Waals surface area contributed by atoms with Gasteiger partial charge in [-0.2, -0.15) is 0 Å². The molecule has 0 saturated carbocycles. The number of aliphatic hydroxyl groups is 1. The van der Waals surface area contributed by atoms with Gasteiger partial charge in [-0.1, -0.05) is 34.1 Å². The summed E-state index contributed by atoms with van der Waals surface area (Å²) < 4.78 is 63.1. The van der Waals surface area contributed by atoms with Gasteiger partial charge in [0, 0.05) is 35.7 Å². The molecule has 1 aliphatic rings. The van der Waals surface area contributed by atoms with Crippen LogP contribution in [0.3, 0.4) is 0 Å². The Morgan fingerprint density at radius 2 is 1.51 bits per heavy atom. The van der Waals surface area contributed by atoms with Gasteiger partial charge < -0.3 is 33.6 Å². The van der Waals surface area contributed by atoms with E-state index in [1.165, 1.54) is 12.1 Å². The molecule has 0 atom stereocenters. The number of aliphatic hydroxyl groups excluding tert-OH is 1. The molecule has 0 unspecified atom stereocenters. The minimum atomic E-state index is -1.69. The van der Waals surface area contributed by atoms with Crippen molar-refractivity contribution in [3.63, 3.8) is 0 Å². The van der Waals surface area contributed by atoms with E-state index in [9.17, 15) is 0 Å². The predicted molar refractivity (Wildman–Crippen MR) is 191 cm³/mol. The average Bonchev–Trinajstić information content (AvgIpc) is 3.41. The smallest absolute Gasteiger partial charge is 0.201 e. The van der Waals surface area contributed by atoms with E-state index in [0.29, 0.717) is 47.7 Å². The largest absolute Gasteiger partial charge is 0.490 e. The molecule has 0 bridgehead atoms. The predicted octanol–water partition coefficient (Wildman–Crippen LogP) is 8.33. The lowest BCUT2D eigenvalue weighted by atomic mass is 10.1. The van der Waals surface area contributed by atoms with Crippen LogP contribution in [-0.2, 0) is 0 Å². The molecular weight excluding hydrogens is 652 g/mol. The minimum Gasteiger partial charge on any atom is -0.490 e. The number of nitrogens with one attached hydrogen (secondary N) is 1. The van der Waals surface area contributed by atoms with Crippen LogP contribution in [-0.4, -0.2) is 65.3 Å². The zero-order chi connectivity index (χ0) is 35.3. The number of benzene rings is 3. The first-order valence-corrected chi connectivity index (χ1v) is 18.1. The van der Waals surface area contributed by atoms with Crippen LogP contribution in [0.2, 0.25) is 0 Å². The summed E-state index contributed by atoms with van der Waals surface area (Å²) in [6, 6.07) is 20.8. The molecule has 12 heteroatoms. The van der Waals surface area contributed by atoms with Crippen molar-refractivity contribution in [1.29, 1.82) is 0 Å². The second-order valence-corrected chi connectivity index (χ2v) is 16.4. The number of hydrogen-bond acceptors (Lipinski definition) is 8. The van der Waals surface area contributed by atoms with Crippen molar-refractivity contribution in [3.8, 4) is 40.1 Å². The molecule has 0 radical (unpaired) electrons. The lowest BCUT2D eigenvalue weighted by Gasteiger charge is -2.43. The van der Waals surface area contributed by atoms with E-state index in [4.69, 9.17) is 33.2 Å². The van der Waals surface area contributed by atoms with E-state index in [0.717, 1.165) is 18.4 Å². The Kier molecular flexibility index (Phi) is 10.8. The van der Waals surface area contributed by atoms with E-state index in [1.807, 2.05) is 64.5 Å². The molecule has 2 N–H and O–H groups in total. The third-order valence-corrected chi connectivity index (χ3v) is 11.6. The molecule has 0 spiro atoms. The summed E-state index contributed by atoms with van der Waals surface area (Å²) in [4.78, 5) is 4.69. The number of pyridine rings is 1. The molecule has 0 aliphatic carbocycles. The summed E-state index contributed by atoms with van der Waals surface area (Å²) in [5.74, 6) is 1.15. The number of nitrogens with zero attached hydrogens (tertiary/aromatic N) is 2.